The minimum atomic E-state index is -4.82. The maximum atomic E-state index is 13.5. The van der Waals surface area contributed by atoms with Crippen LogP contribution in [0, 0.1) is 5.92 Å². The summed E-state index contributed by atoms with van der Waals surface area (Å²) in [6.07, 6.45) is -7.19. The van der Waals surface area contributed by atoms with Gasteiger partial charge < -0.3 is 5.11 Å². The zero-order chi connectivity index (χ0) is 28.8. The highest BCUT2D eigenvalue weighted by Crippen LogP contribution is 2.39. The molecule has 1 aliphatic heterocycles. The quantitative estimate of drug-likeness (QED) is 0.257. The number of alkyl halides is 6. The van der Waals surface area contributed by atoms with E-state index in [0.717, 1.165) is 30.3 Å². The lowest BCUT2D eigenvalue weighted by molar-refractivity contribution is -0.141. The molecule has 0 amide bonds. The first-order valence-corrected chi connectivity index (χ1v) is 13.0. The summed E-state index contributed by atoms with van der Waals surface area (Å²) in [4.78, 5) is 11.1. The minimum absolute atomic E-state index is 0.00210. The summed E-state index contributed by atoms with van der Waals surface area (Å²) < 4.78 is 108. The number of aliphatic carboxylic acids is 1. The van der Waals surface area contributed by atoms with Crippen molar-refractivity contribution in [1.82, 2.24) is 0 Å². The summed E-state index contributed by atoms with van der Waals surface area (Å²) in [7, 11) is -4.67. The number of anilines is 1. The Morgan fingerprint density at radius 2 is 1.64 bits per heavy atom. The van der Waals surface area contributed by atoms with Crippen LogP contribution in [-0.4, -0.2) is 26.0 Å². The molecular formula is C26H18ClF6NO4S. The highest BCUT2D eigenvalue weighted by atomic mass is 35.5. The standard InChI is InChI=1S/C26H18ClF6NO4S/c27-22-6-2-5-21(26(31,32)33)20(22)10-8-15-7-9-16-12-17(24(35)36)14-34(23(16)11-15)39(37,38)19-4-1-3-18(13-19)25(28,29)30/h1-11,13,17H,12,14H2,(H,35,36)/b10-8+. The van der Waals surface area contributed by atoms with Crippen molar-refractivity contribution in [3.05, 3.63) is 93.5 Å². The number of carboxylic acids is 1. The molecule has 4 rings (SSSR count). The zero-order valence-corrected chi connectivity index (χ0v) is 21.2. The number of benzene rings is 3. The molecule has 0 saturated carbocycles. The van der Waals surface area contributed by atoms with Gasteiger partial charge in [0.15, 0.2) is 0 Å². The van der Waals surface area contributed by atoms with E-state index in [0.29, 0.717) is 16.4 Å². The van der Waals surface area contributed by atoms with Gasteiger partial charge in [0.25, 0.3) is 10.0 Å². The Kier molecular flexibility index (Phi) is 7.48. The van der Waals surface area contributed by atoms with Crippen LogP contribution < -0.4 is 4.31 Å². The second kappa shape index (κ2) is 10.2. The number of halogens is 7. The van der Waals surface area contributed by atoms with E-state index in [1.807, 2.05) is 0 Å². The fourth-order valence-corrected chi connectivity index (χ4v) is 6.03. The van der Waals surface area contributed by atoms with Gasteiger partial charge in [-0.1, -0.05) is 48.0 Å². The van der Waals surface area contributed by atoms with Gasteiger partial charge >= 0.3 is 18.3 Å². The van der Waals surface area contributed by atoms with Crippen molar-refractivity contribution in [1.29, 1.82) is 0 Å². The Hall–Kier alpha value is -3.51. The topological polar surface area (TPSA) is 74.7 Å². The molecule has 1 unspecified atom stereocenters. The normalized spacial score (nSPS) is 16.4. The fourth-order valence-electron chi connectivity index (χ4n) is 4.20. The summed E-state index contributed by atoms with van der Waals surface area (Å²) in [6.45, 7) is -0.559. The van der Waals surface area contributed by atoms with Crippen molar-refractivity contribution < 1.29 is 44.7 Å². The van der Waals surface area contributed by atoms with Crippen molar-refractivity contribution in [2.75, 3.05) is 10.8 Å². The first-order chi connectivity index (χ1) is 18.1. The maximum Gasteiger partial charge on any atom is 0.417 e. The smallest absolute Gasteiger partial charge is 0.417 e. The molecule has 1 heterocycles. The molecular weight excluding hydrogens is 572 g/mol. The number of sulfonamides is 1. The molecule has 1 atom stereocenters. The van der Waals surface area contributed by atoms with Crippen molar-refractivity contribution in [2.24, 2.45) is 5.92 Å². The van der Waals surface area contributed by atoms with Crippen LogP contribution in [0.25, 0.3) is 12.2 Å². The molecule has 13 heteroatoms. The number of hydrogen-bond donors (Lipinski definition) is 1. The highest BCUT2D eigenvalue weighted by molar-refractivity contribution is 7.92. The van der Waals surface area contributed by atoms with Gasteiger partial charge in [0.1, 0.15) is 0 Å². The van der Waals surface area contributed by atoms with Crippen LogP contribution in [0.5, 0.6) is 0 Å². The molecule has 39 heavy (non-hydrogen) atoms. The predicted octanol–water partition coefficient (Wildman–Crippen LogP) is 7.00. The summed E-state index contributed by atoms with van der Waals surface area (Å²) in [5.74, 6) is -2.48. The molecule has 1 N–H and O–H groups in total. The van der Waals surface area contributed by atoms with Crippen molar-refractivity contribution in [2.45, 2.75) is 23.7 Å². The molecule has 0 fully saturated rings. The molecule has 5 nitrogen and oxygen atoms in total. The van der Waals surface area contributed by atoms with Gasteiger partial charge in [-0.25, -0.2) is 8.42 Å². The Morgan fingerprint density at radius 1 is 0.949 bits per heavy atom. The molecule has 206 valence electrons. The summed E-state index contributed by atoms with van der Waals surface area (Å²) in [5, 5.41) is 9.40. The van der Waals surface area contributed by atoms with Crippen molar-refractivity contribution in [3.63, 3.8) is 0 Å². The Morgan fingerprint density at radius 3 is 2.28 bits per heavy atom. The van der Waals surface area contributed by atoms with E-state index in [4.69, 9.17) is 11.6 Å². The maximum absolute atomic E-state index is 13.5. The lowest BCUT2D eigenvalue weighted by Crippen LogP contribution is -2.42. The Labute approximate surface area is 224 Å². The second-order valence-electron chi connectivity index (χ2n) is 8.72. The van der Waals surface area contributed by atoms with Gasteiger partial charge in [-0.2, -0.15) is 26.3 Å². The van der Waals surface area contributed by atoms with Gasteiger partial charge in [-0.05, 0) is 53.9 Å². The molecule has 0 saturated heterocycles. The molecule has 3 aromatic carbocycles. The average Bonchev–Trinajstić information content (AvgIpc) is 2.86. The Balaban J connectivity index is 1.80. The van der Waals surface area contributed by atoms with Gasteiger partial charge in [-0.3, -0.25) is 9.10 Å². The second-order valence-corrected chi connectivity index (χ2v) is 11.0. The number of rotatable bonds is 5. The van der Waals surface area contributed by atoms with Crippen LogP contribution in [0.3, 0.4) is 0 Å². The lowest BCUT2D eigenvalue weighted by Gasteiger charge is -2.34. The molecule has 0 radical (unpaired) electrons. The summed E-state index contributed by atoms with van der Waals surface area (Å²) in [6, 6.07) is 10.5. The number of fused-ring (bicyclic) bond motifs is 1. The van der Waals surface area contributed by atoms with Crippen molar-refractivity contribution >= 4 is 45.4 Å². The third-order valence-electron chi connectivity index (χ3n) is 6.13. The third kappa shape index (κ3) is 5.91. The zero-order valence-electron chi connectivity index (χ0n) is 19.6. The molecule has 0 bridgehead atoms. The minimum Gasteiger partial charge on any atom is -0.481 e. The summed E-state index contributed by atoms with van der Waals surface area (Å²) in [5.41, 5.74) is -1.96. The average molecular weight is 590 g/mol. The van der Waals surface area contributed by atoms with Crippen LogP contribution in [0.15, 0.2) is 65.6 Å². The lowest BCUT2D eigenvalue weighted by atomic mass is 9.93. The SMILES string of the molecule is O=C(O)C1Cc2ccc(/C=C/c3c(Cl)cccc3C(F)(F)F)cc2N(S(=O)(=O)c2cccc(C(F)(F)F)c2)C1. The Bertz CT molecular complexity index is 1570. The van der Waals surface area contributed by atoms with E-state index >= 15 is 0 Å². The van der Waals surface area contributed by atoms with Crippen LogP contribution in [-0.2, 0) is 33.6 Å². The largest absolute Gasteiger partial charge is 0.481 e. The van der Waals surface area contributed by atoms with E-state index in [9.17, 15) is 44.7 Å². The van der Waals surface area contributed by atoms with Crippen LogP contribution in [0.2, 0.25) is 5.02 Å². The number of carbonyl (C=O) groups is 1. The van der Waals surface area contributed by atoms with Crippen LogP contribution in [0.1, 0.15) is 27.8 Å². The van der Waals surface area contributed by atoms with Gasteiger partial charge in [0.05, 0.1) is 27.6 Å². The predicted molar refractivity (Wildman–Crippen MR) is 133 cm³/mol. The number of hydrogen-bond acceptors (Lipinski definition) is 3. The molecule has 0 aromatic heterocycles. The van der Waals surface area contributed by atoms with E-state index in [1.165, 1.54) is 30.3 Å². The van der Waals surface area contributed by atoms with E-state index in [2.05, 4.69) is 0 Å². The molecule has 0 spiro atoms. The van der Waals surface area contributed by atoms with Crippen LogP contribution in [0.4, 0.5) is 32.0 Å². The van der Waals surface area contributed by atoms with Crippen LogP contribution >= 0.6 is 11.6 Å². The number of nitrogens with zero attached hydrogens (tertiary/aromatic N) is 1. The monoisotopic (exact) mass is 589 g/mol. The first kappa shape index (κ1) is 28.5. The van der Waals surface area contributed by atoms with Gasteiger partial charge in [-0.15, -0.1) is 0 Å². The molecule has 0 aliphatic carbocycles. The van der Waals surface area contributed by atoms with Crippen molar-refractivity contribution in [3.8, 4) is 0 Å². The highest BCUT2D eigenvalue weighted by Gasteiger charge is 2.38. The number of carboxylic acid groups (broad SMARTS) is 1. The van der Waals surface area contributed by atoms with Gasteiger partial charge in [0.2, 0.25) is 0 Å². The first-order valence-electron chi connectivity index (χ1n) is 11.2. The van der Waals surface area contributed by atoms with E-state index < -0.39 is 56.8 Å². The molecule has 1 aliphatic rings. The van der Waals surface area contributed by atoms with E-state index in [-0.39, 0.29) is 33.8 Å². The van der Waals surface area contributed by atoms with Gasteiger partial charge in [0, 0.05) is 17.1 Å². The fraction of sp³-hybridized carbons (Fsp3) is 0.192. The summed E-state index contributed by atoms with van der Waals surface area (Å²) >= 11 is 5.98. The van der Waals surface area contributed by atoms with E-state index in [1.54, 1.807) is 0 Å². The molecule has 3 aromatic rings. The third-order valence-corrected chi connectivity index (χ3v) is 8.24.